The standard InChI is InChI=1S/C14H11Cl2FN2O/c15-11-6-9(17)2-1-8(11)5-13-18-12-3-4-20-7-10(12)14(16)19-13/h1-2,6H,3-5,7H2. The Morgan fingerprint density at radius 3 is 2.90 bits per heavy atom. The van der Waals surface area contributed by atoms with Crippen LogP contribution in [0.3, 0.4) is 0 Å². The zero-order valence-electron chi connectivity index (χ0n) is 10.5. The number of hydrogen-bond donors (Lipinski definition) is 0. The largest absolute Gasteiger partial charge is 0.376 e. The summed E-state index contributed by atoms with van der Waals surface area (Å²) in [4.78, 5) is 8.77. The van der Waals surface area contributed by atoms with E-state index >= 15 is 0 Å². The predicted octanol–water partition coefficient (Wildman–Crippen LogP) is 3.59. The fourth-order valence-electron chi connectivity index (χ4n) is 2.16. The molecule has 0 radical (unpaired) electrons. The van der Waals surface area contributed by atoms with Crippen LogP contribution in [0.25, 0.3) is 0 Å². The monoisotopic (exact) mass is 312 g/mol. The van der Waals surface area contributed by atoms with Crippen molar-refractivity contribution in [3.63, 3.8) is 0 Å². The minimum Gasteiger partial charge on any atom is -0.376 e. The molecule has 20 heavy (non-hydrogen) atoms. The average Bonchev–Trinajstić information content (AvgIpc) is 2.42. The molecule has 1 aliphatic heterocycles. The number of hydrogen-bond acceptors (Lipinski definition) is 3. The van der Waals surface area contributed by atoms with Gasteiger partial charge in [-0.25, -0.2) is 14.4 Å². The van der Waals surface area contributed by atoms with Crippen LogP contribution in [0.15, 0.2) is 18.2 Å². The van der Waals surface area contributed by atoms with Crippen LogP contribution in [0.1, 0.15) is 22.6 Å². The smallest absolute Gasteiger partial charge is 0.138 e. The highest BCUT2D eigenvalue weighted by Gasteiger charge is 2.17. The van der Waals surface area contributed by atoms with Crippen molar-refractivity contribution in [1.82, 2.24) is 9.97 Å². The molecule has 0 atom stereocenters. The van der Waals surface area contributed by atoms with Gasteiger partial charge < -0.3 is 4.74 Å². The summed E-state index contributed by atoms with van der Waals surface area (Å²) in [6, 6.07) is 4.29. The van der Waals surface area contributed by atoms with Crippen molar-refractivity contribution in [3.8, 4) is 0 Å². The van der Waals surface area contributed by atoms with Gasteiger partial charge in [0, 0.05) is 23.4 Å². The van der Waals surface area contributed by atoms with Crippen LogP contribution < -0.4 is 0 Å². The molecule has 0 saturated heterocycles. The Morgan fingerprint density at radius 2 is 2.10 bits per heavy atom. The van der Waals surface area contributed by atoms with Crippen LogP contribution >= 0.6 is 23.2 Å². The van der Waals surface area contributed by atoms with Gasteiger partial charge in [0.25, 0.3) is 0 Å². The molecule has 0 bridgehead atoms. The van der Waals surface area contributed by atoms with Gasteiger partial charge in [0.2, 0.25) is 0 Å². The second-order valence-electron chi connectivity index (χ2n) is 4.57. The van der Waals surface area contributed by atoms with Crippen molar-refractivity contribution in [2.24, 2.45) is 0 Å². The highest BCUT2D eigenvalue weighted by molar-refractivity contribution is 6.31. The van der Waals surface area contributed by atoms with Gasteiger partial charge in [-0.05, 0) is 17.7 Å². The Bertz CT molecular complexity index is 664. The molecule has 3 nitrogen and oxygen atoms in total. The fraction of sp³-hybridized carbons (Fsp3) is 0.286. The van der Waals surface area contributed by atoms with Gasteiger partial charge >= 0.3 is 0 Å². The summed E-state index contributed by atoms with van der Waals surface area (Å²) < 4.78 is 18.4. The third-order valence-electron chi connectivity index (χ3n) is 3.18. The SMILES string of the molecule is Fc1ccc(Cc2nc(Cl)c3c(n2)CCOC3)c(Cl)c1. The van der Waals surface area contributed by atoms with Crippen molar-refractivity contribution in [2.45, 2.75) is 19.4 Å². The van der Waals surface area contributed by atoms with E-state index in [2.05, 4.69) is 9.97 Å². The zero-order valence-corrected chi connectivity index (χ0v) is 12.0. The number of halogens is 3. The predicted molar refractivity (Wildman–Crippen MR) is 74.6 cm³/mol. The van der Waals surface area contributed by atoms with Crippen LogP contribution in [0.2, 0.25) is 10.2 Å². The number of nitrogens with zero attached hydrogens (tertiary/aromatic N) is 2. The number of benzene rings is 1. The van der Waals surface area contributed by atoms with E-state index in [1.54, 1.807) is 6.07 Å². The summed E-state index contributed by atoms with van der Waals surface area (Å²) in [5, 5.41) is 0.786. The second kappa shape index (κ2) is 5.64. The first-order valence-corrected chi connectivity index (χ1v) is 6.95. The fourth-order valence-corrected chi connectivity index (χ4v) is 2.65. The van der Waals surface area contributed by atoms with E-state index < -0.39 is 0 Å². The zero-order chi connectivity index (χ0) is 14.1. The molecule has 0 fully saturated rings. The maximum atomic E-state index is 13.0. The van der Waals surface area contributed by atoms with Crippen molar-refractivity contribution < 1.29 is 9.13 Å². The lowest BCUT2D eigenvalue weighted by molar-refractivity contribution is 0.109. The molecule has 6 heteroatoms. The summed E-state index contributed by atoms with van der Waals surface area (Å²) in [6.45, 7) is 1.09. The molecular weight excluding hydrogens is 302 g/mol. The van der Waals surface area contributed by atoms with E-state index in [-0.39, 0.29) is 5.82 Å². The lowest BCUT2D eigenvalue weighted by Crippen LogP contribution is -2.15. The van der Waals surface area contributed by atoms with Crippen molar-refractivity contribution in [1.29, 1.82) is 0 Å². The maximum Gasteiger partial charge on any atom is 0.138 e. The van der Waals surface area contributed by atoms with E-state index in [0.717, 1.165) is 23.2 Å². The summed E-state index contributed by atoms with van der Waals surface area (Å²) in [6.07, 6.45) is 1.15. The Labute approximate surface area is 125 Å². The van der Waals surface area contributed by atoms with Gasteiger partial charge in [0.05, 0.1) is 18.9 Å². The van der Waals surface area contributed by atoms with Gasteiger partial charge in [-0.1, -0.05) is 29.3 Å². The van der Waals surface area contributed by atoms with E-state index in [1.165, 1.54) is 12.1 Å². The topological polar surface area (TPSA) is 35.0 Å². The van der Waals surface area contributed by atoms with E-state index in [1.807, 2.05) is 0 Å². The normalized spacial score (nSPS) is 14.2. The number of ether oxygens (including phenoxy) is 1. The summed E-state index contributed by atoms with van der Waals surface area (Å²) in [5.41, 5.74) is 2.55. The molecule has 1 aromatic carbocycles. The van der Waals surface area contributed by atoms with Crippen LogP contribution in [0, 0.1) is 5.82 Å². The molecular formula is C14H11Cl2FN2O. The number of fused-ring (bicyclic) bond motifs is 1. The Balaban J connectivity index is 1.93. The number of aromatic nitrogens is 2. The van der Waals surface area contributed by atoms with Crippen molar-refractivity contribution >= 4 is 23.2 Å². The second-order valence-corrected chi connectivity index (χ2v) is 5.34. The lowest BCUT2D eigenvalue weighted by Gasteiger charge is -2.17. The Hall–Kier alpha value is -1.23. The molecule has 0 aliphatic carbocycles. The van der Waals surface area contributed by atoms with Gasteiger partial charge in [0.15, 0.2) is 0 Å². The third-order valence-corrected chi connectivity index (χ3v) is 3.85. The quantitative estimate of drug-likeness (QED) is 0.795. The minimum atomic E-state index is -0.361. The molecule has 1 aliphatic rings. The van der Waals surface area contributed by atoms with Crippen molar-refractivity contribution in [3.05, 3.63) is 56.8 Å². The summed E-state index contributed by atoms with van der Waals surface area (Å²) >= 11 is 12.2. The third kappa shape index (κ3) is 2.77. The van der Waals surface area contributed by atoms with Crippen LogP contribution in [-0.2, 0) is 24.2 Å². The first-order chi connectivity index (χ1) is 9.63. The van der Waals surface area contributed by atoms with Gasteiger partial charge in [-0.3, -0.25) is 0 Å². The van der Waals surface area contributed by atoms with Crippen LogP contribution in [0.4, 0.5) is 4.39 Å². The number of rotatable bonds is 2. The Morgan fingerprint density at radius 1 is 1.25 bits per heavy atom. The Kier molecular flexibility index (Phi) is 3.87. The molecule has 2 aromatic rings. The highest BCUT2D eigenvalue weighted by atomic mass is 35.5. The van der Waals surface area contributed by atoms with Crippen molar-refractivity contribution in [2.75, 3.05) is 6.61 Å². The van der Waals surface area contributed by atoms with Gasteiger partial charge in [0.1, 0.15) is 16.8 Å². The maximum absolute atomic E-state index is 13.0. The lowest BCUT2D eigenvalue weighted by atomic mass is 10.1. The average molecular weight is 313 g/mol. The molecule has 2 heterocycles. The van der Waals surface area contributed by atoms with Gasteiger partial charge in [-0.15, -0.1) is 0 Å². The molecule has 0 saturated carbocycles. The molecule has 0 amide bonds. The minimum absolute atomic E-state index is 0.361. The van der Waals surface area contributed by atoms with Crippen LogP contribution in [0.5, 0.6) is 0 Å². The van der Waals surface area contributed by atoms with E-state index in [9.17, 15) is 4.39 Å². The molecule has 1 aromatic heterocycles. The summed E-state index contributed by atoms with van der Waals surface area (Å²) in [7, 11) is 0. The van der Waals surface area contributed by atoms with Crippen LogP contribution in [-0.4, -0.2) is 16.6 Å². The van der Waals surface area contributed by atoms with Gasteiger partial charge in [-0.2, -0.15) is 0 Å². The summed E-state index contributed by atoms with van der Waals surface area (Å²) in [5.74, 6) is 0.226. The molecule has 0 N–H and O–H groups in total. The highest BCUT2D eigenvalue weighted by Crippen LogP contribution is 2.24. The van der Waals surface area contributed by atoms with E-state index in [4.69, 9.17) is 27.9 Å². The molecule has 0 unspecified atom stereocenters. The first kappa shape index (κ1) is 13.7. The molecule has 3 rings (SSSR count). The molecule has 104 valence electrons. The first-order valence-electron chi connectivity index (χ1n) is 6.19. The van der Waals surface area contributed by atoms with E-state index in [0.29, 0.717) is 35.6 Å². The molecule has 0 spiro atoms.